The number of morpholine rings is 1. The van der Waals surface area contributed by atoms with Crippen LogP contribution >= 0.6 is 11.3 Å². The lowest BCUT2D eigenvalue weighted by molar-refractivity contribution is -0.137. The highest BCUT2D eigenvalue weighted by atomic mass is 32.1. The number of benzene rings is 2. The average molecular weight is 499 g/mol. The Morgan fingerprint density at radius 1 is 1.06 bits per heavy atom. The molecule has 1 aliphatic heterocycles. The molecule has 5 rings (SSSR count). The Kier molecular flexibility index (Phi) is 6.16. The molecule has 0 spiro atoms. The van der Waals surface area contributed by atoms with Gasteiger partial charge in [-0.3, -0.25) is 4.79 Å². The second-order valence-corrected chi connectivity index (χ2v) is 9.20. The second-order valence-electron chi connectivity index (χ2n) is 8.25. The largest absolute Gasteiger partial charge is 0.416 e. The van der Waals surface area contributed by atoms with E-state index in [0.717, 1.165) is 17.7 Å². The molecule has 2 aromatic carbocycles. The third-order valence-electron chi connectivity index (χ3n) is 5.68. The third kappa shape index (κ3) is 4.85. The van der Waals surface area contributed by atoms with Crippen molar-refractivity contribution in [1.82, 2.24) is 19.7 Å². The lowest BCUT2D eigenvalue weighted by atomic mass is 10.1. The van der Waals surface area contributed by atoms with Gasteiger partial charge in [-0.1, -0.05) is 42.5 Å². The molecule has 2 atom stereocenters. The standard InChI is InChI=1S/C25H21F3N4O2S/c1-16-14-31(15-20(34-16)17-7-3-2-4-8-17)24(33)22-29-23(21-11-6-12-35-21)32(30-22)19-10-5-9-18(13-19)25(26,27)28/h2-13,16,20H,14-15H2,1H3. The number of amides is 1. The van der Waals surface area contributed by atoms with Crippen molar-refractivity contribution in [2.24, 2.45) is 0 Å². The van der Waals surface area contributed by atoms with Gasteiger partial charge in [0.2, 0.25) is 5.82 Å². The maximum Gasteiger partial charge on any atom is 0.416 e. The van der Waals surface area contributed by atoms with Gasteiger partial charge in [0, 0.05) is 6.54 Å². The summed E-state index contributed by atoms with van der Waals surface area (Å²) in [7, 11) is 0. The molecular weight excluding hydrogens is 477 g/mol. The van der Waals surface area contributed by atoms with Crippen molar-refractivity contribution < 1.29 is 22.7 Å². The minimum absolute atomic E-state index is 0.0771. The van der Waals surface area contributed by atoms with Crippen LogP contribution in [0, 0.1) is 0 Å². The molecule has 0 saturated carbocycles. The highest BCUT2D eigenvalue weighted by Gasteiger charge is 2.33. The third-order valence-corrected chi connectivity index (χ3v) is 6.54. The fourth-order valence-electron chi connectivity index (χ4n) is 4.07. The van der Waals surface area contributed by atoms with Crippen molar-refractivity contribution in [2.45, 2.75) is 25.3 Å². The summed E-state index contributed by atoms with van der Waals surface area (Å²) >= 11 is 1.36. The van der Waals surface area contributed by atoms with Crippen LogP contribution in [0.15, 0.2) is 72.1 Å². The van der Waals surface area contributed by atoms with Crippen molar-refractivity contribution in [2.75, 3.05) is 13.1 Å². The Balaban J connectivity index is 1.50. The first-order valence-electron chi connectivity index (χ1n) is 11.0. The van der Waals surface area contributed by atoms with E-state index < -0.39 is 17.6 Å². The molecule has 4 aromatic rings. The number of rotatable bonds is 4. The number of hydrogen-bond acceptors (Lipinski definition) is 5. The Labute approximate surface area is 203 Å². The molecule has 35 heavy (non-hydrogen) atoms. The van der Waals surface area contributed by atoms with Gasteiger partial charge in [0.05, 0.1) is 28.8 Å². The number of ether oxygens (including phenoxy) is 1. The van der Waals surface area contributed by atoms with Crippen LogP contribution in [-0.2, 0) is 10.9 Å². The van der Waals surface area contributed by atoms with Crippen LogP contribution in [-0.4, -0.2) is 44.8 Å². The molecule has 1 fully saturated rings. The smallest absolute Gasteiger partial charge is 0.367 e. The van der Waals surface area contributed by atoms with Crippen molar-refractivity contribution in [3.05, 3.63) is 89.1 Å². The Morgan fingerprint density at radius 3 is 2.57 bits per heavy atom. The predicted molar refractivity (Wildman–Crippen MR) is 125 cm³/mol. The first kappa shape index (κ1) is 23.3. The van der Waals surface area contributed by atoms with Gasteiger partial charge in [0.25, 0.3) is 5.91 Å². The van der Waals surface area contributed by atoms with Crippen molar-refractivity contribution in [1.29, 1.82) is 0 Å². The molecule has 0 bridgehead atoms. The Hall–Kier alpha value is -3.50. The van der Waals surface area contributed by atoms with Gasteiger partial charge in [-0.05, 0) is 42.1 Å². The normalized spacial score (nSPS) is 18.6. The molecule has 3 heterocycles. The molecule has 0 N–H and O–H groups in total. The molecule has 10 heteroatoms. The topological polar surface area (TPSA) is 60.2 Å². The summed E-state index contributed by atoms with van der Waals surface area (Å²) in [6, 6.07) is 18.0. The molecule has 2 unspecified atom stereocenters. The fraction of sp³-hybridized carbons (Fsp3) is 0.240. The van der Waals surface area contributed by atoms with E-state index in [0.29, 0.717) is 23.8 Å². The van der Waals surface area contributed by atoms with Crippen LogP contribution in [0.25, 0.3) is 16.4 Å². The number of carbonyl (C=O) groups excluding carboxylic acids is 1. The fourth-order valence-corrected chi connectivity index (χ4v) is 4.77. The summed E-state index contributed by atoms with van der Waals surface area (Å²) in [4.78, 5) is 20.3. The molecule has 1 amide bonds. The van der Waals surface area contributed by atoms with E-state index in [9.17, 15) is 18.0 Å². The van der Waals surface area contributed by atoms with Gasteiger partial charge in [0.15, 0.2) is 5.82 Å². The van der Waals surface area contributed by atoms with Gasteiger partial charge in [0.1, 0.15) is 6.10 Å². The first-order valence-corrected chi connectivity index (χ1v) is 11.9. The van der Waals surface area contributed by atoms with E-state index in [1.807, 2.05) is 42.6 Å². The number of carbonyl (C=O) groups is 1. The summed E-state index contributed by atoms with van der Waals surface area (Å²) in [5, 5.41) is 6.20. The summed E-state index contributed by atoms with van der Waals surface area (Å²) in [5.74, 6) is -0.167. The lowest BCUT2D eigenvalue weighted by Crippen LogP contribution is -2.46. The van der Waals surface area contributed by atoms with Gasteiger partial charge in [-0.2, -0.15) is 13.2 Å². The van der Waals surface area contributed by atoms with Crippen molar-refractivity contribution in [3.63, 3.8) is 0 Å². The molecular formula is C25H21F3N4O2S. The van der Waals surface area contributed by atoms with Crippen LogP contribution in [0.3, 0.4) is 0 Å². The maximum atomic E-state index is 13.5. The van der Waals surface area contributed by atoms with E-state index in [-0.39, 0.29) is 23.7 Å². The zero-order valence-electron chi connectivity index (χ0n) is 18.6. The van der Waals surface area contributed by atoms with E-state index in [1.165, 1.54) is 28.2 Å². The predicted octanol–water partition coefficient (Wildman–Crippen LogP) is 5.62. The summed E-state index contributed by atoms with van der Waals surface area (Å²) < 4.78 is 47.3. The van der Waals surface area contributed by atoms with Crippen LogP contribution in [0.1, 0.15) is 34.8 Å². The van der Waals surface area contributed by atoms with E-state index in [2.05, 4.69) is 10.1 Å². The zero-order chi connectivity index (χ0) is 24.6. The second kappa shape index (κ2) is 9.27. The summed E-state index contributed by atoms with van der Waals surface area (Å²) in [6.45, 7) is 2.56. The van der Waals surface area contributed by atoms with Crippen LogP contribution < -0.4 is 0 Å². The average Bonchev–Trinajstić information content (AvgIpc) is 3.53. The van der Waals surface area contributed by atoms with Crippen molar-refractivity contribution in [3.8, 4) is 16.4 Å². The quantitative estimate of drug-likeness (QED) is 0.367. The molecule has 180 valence electrons. The number of nitrogens with zero attached hydrogens (tertiary/aromatic N) is 4. The summed E-state index contributed by atoms with van der Waals surface area (Å²) in [6.07, 6.45) is -5.01. The summed E-state index contributed by atoms with van der Waals surface area (Å²) in [5.41, 5.74) is 0.328. The molecule has 6 nitrogen and oxygen atoms in total. The SMILES string of the molecule is CC1CN(C(=O)c2nc(-c3cccs3)n(-c3cccc(C(F)(F)F)c3)n2)CC(c2ccccc2)O1. The molecule has 0 aliphatic carbocycles. The number of alkyl halides is 3. The van der Waals surface area contributed by atoms with Crippen LogP contribution in [0.4, 0.5) is 13.2 Å². The Bertz CT molecular complexity index is 1320. The number of halogens is 3. The van der Waals surface area contributed by atoms with E-state index in [4.69, 9.17) is 4.74 Å². The molecule has 0 radical (unpaired) electrons. The molecule has 1 saturated heterocycles. The monoisotopic (exact) mass is 498 g/mol. The first-order chi connectivity index (χ1) is 16.8. The minimum Gasteiger partial charge on any atom is -0.367 e. The number of aromatic nitrogens is 3. The number of hydrogen-bond donors (Lipinski definition) is 0. The highest BCUT2D eigenvalue weighted by Crippen LogP contribution is 2.32. The lowest BCUT2D eigenvalue weighted by Gasteiger charge is -2.36. The van der Waals surface area contributed by atoms with Gasteiger partial charge in [-0.25, -0.2) is 9.67 Å². The van der Waals surface area contributed by atoms with E-state index in [1.54, 1.807) is 17.0 Å². The van der Waals surface area contributed by atoms with E-state index >= 15 is 0 Å². The van der Waals surface area contributed by atoms with Crippen molar-refractivity contribution >= 4 is 17.2 Å². The molecule has 1 aliphatic rings. The zero-order valence-corrected chi connectivity index (χ0v) is 19.5. The minimum atomic E-state index is -4.51. The number of thiophene rings is 1. The van der Waals surface area contributed by atoms with Gasteiger partial charge < -0.3 is 9.64 Å². The van der Waals surface area contributed by atoms with Crippen LogP contribution in [0.2, 0.25) is 0 Å². The Morgan fingerprint density at radius 2 is 1.86 bits per heavy atom. The molecule has 2 aromatic heterocycles. The van der Waals surface area contributed by atoms with Gasteiger partial charge >= 0.3 is 6.18 Å². The van der Waals surface area contributed by atoms with Gasteiger partial charge in [-0.15, -0.1) is 16.4 Å². The highest BCUT2D eigenvalue weighted by molar-refractivity contribution is 7.13. The maximum absolute atomic E-state index is 13.5. The van der Waals surface area contributed by atoms with Crippen LogP contribution in [0.5, 0.6) is 0 Å².